The fraction of sp³-hybridized carbons (Fsp3) is 0.286. The fourth-order valence-corrected chi connectivity index (χ4v) is 2.83. The predicted molar refractivity (Wildman–Crippen MR) is 107 cm³/mol. The second-order valence-corrected chi connectivity index (χ2v) is 6.95. The standard InChI is InChI=1S/C21H20ClF3N2O3/c1-2-11-27(12-18(29)26-16-8-7-15(23)20(24)21(16)25)19(30)10-9-17(28)13-3-5-14(22)6-4-13/h3-8H,2,9-12H2,1H3,(H,26,29). The van der Waals surface area contributed by atoms with E-state index in [9.17, 15) is 27.6 Å². The number of halogens is 4. The SMILES string of the molecule is CCCN(CC(=O)Nc1ccc(F)c(F)c1F)C(=O)CCC(=O)c1ccc(Cl)cc1. The van der Waals surface area contributed by atoms with E-state index in [4.69, 9.17) is 11.6 Å². The van der Waals surface area contributed by atoms with E-state index in [0.29, 0.717) is 23.1 Å². The van der Waals surface area contributed by atoms with Gasteiger partial charge in [0.2, 0.25) is 11.8 Å². The van der Waals surface area contributed by atoms with Crippen molar-refractivity contribution < 1.29 is 27.6 Å². The molecule has 0 aliphatic heterocycles. The van der Waals surface area contributed by atoms with Gasteiger partial charge in [-0.05, 0) is 42.8 Å². The molecule has 2 rings (SSSR count). The molecule has 0 unspecified atom stereocenters. The number of rotatable bonds is 9. The number of hydrogen-bond acceptors (Lipinski definition) is 3. The second-order valence-electron chi connectivity index (χ2n) is 6.52. The summed E-state index contributed by atoms with van der Waals surface area (Å²) in [4.78, 5) is 38.1. The third-order valence-electron chi connectivity index (χ3n) is 4.22. The van der Waals surface area contributed by atoms with Crippen molar-refractivity contribution in [1.82, 2.24) is 4.90 Å². The van der Waals surface area contributed by atoms with E-state index in [1.165, 1.54) is 4.90 Å². The highest BCUT2D eigenvalue weighted by atomic mass is 35.5. The lowest BCUT2D eigenvalue weighted by atomic mass is 10.1. The number of nitrogens with one attached hydrogen (secondary N) is 1. The molecule has 30 heavy (non-hydrogen) atoms. The van der Waals surface area contributed by atoms with Gasteiger partial charge in [-0.1, -0.05) is 18.5 Å². The molecule has 0 atom stereocenters. The van der Waals surface area contributed by atoms with E-state index >= 15 is 0 Å². The highest BCUT2D eigenvalue weighted by Gasteiger charge is 2.20. The lowest BCUT2D eigenvalue weighted by molar-refractivity contribution is -0.134. The van der Waals surface area contributed by atoms with Crippen LogP contribution >= 0.6 is 11.6 Å². The van der Waals surface area contributed by atoms with Gasteiger partial charge in [-0.2, -0.15) is 0 Å². The number of Topliss-reactive ketones (excluding diaryl/α,β-unsaturated/α-hetero) is 1. The van der Waals surface area contributed by atoms with Gasteiger partial charge in [0.15, 0.2) is 23.2 Å². The van der Waals surface area contributed by atoms with Gasteiger partial charge in [0.05, 0.1) is 12.2 Å². The van der Waals surface area contributed by atoms with E-state index in [-0.39, 0.29) is 25.2 Å². The van der Waals surface area contributed by atoms with Crippen molar-refractivity contribution in [2.75, 3.05) is 18.4 Å². The molecular formula is C21H20ClF3N2O3. The summed E-state index contributed by atoms with van der Waals surface area (Å²) < 4.78 is 40.0. The summed E-state index contributed by atoms with van der Waals surface area (Å²) in [6.45, 7) is 1.62. The molecule has 0 saturated heterocycles. The Hall–Kier alpha value is -2.87. The van der Waals surface area contributed by atoms with Crippen molar-refractivity contribution in [2.45, 2.75) is 26.2 Å². The van der Waals surface area contributed by atoms with Gasteiger partial charge in [0.1, 0.15) is 0 Å². The first-order valence-electron chi connectivity index (χ1n) is 9.22. The molecule has 9 heteroatoms. The third kappa shape index (κ3) is 6.32. The molecule has 2 amide bonds. The van der Waals surface area contributed by atoms with Crippen molar-refractivity contribution in [3.8, 4) is 0 Å². The quantitative estimate of drug-likeness (QED) is 0.458. The molecule has 0 saturated carbocycles. The monoisotopic (exact) mass is 440 g/mol. The topological polar surface area (TPSA) is 66.5 Å². The van der Waals surface area contributed by atoms with Crippen LogP contribution in [0.25, 0.3) is 0 Å². The van der Waals surface area contributed by atoms with Gasteiger partial charge in [-0.3, -0.25) is 14.4 Å². The summed E-state index contributed by atoms with van der Waals surface area (Å²) in [6, 6.07) is 7.84. The normalized spacial score (nSPS) is 10.6. The minimum Gasteiger partial charge on any atom is -0.333 e. The van der Waals surface area contributed by atoms with E-state index in [0.717, 1.165) is 6.07 Å². The molecule has 1 N–H and O–H groups in total. The molecule has 0 bridgehead atoms. The highest BCUT2D eigenvalue weighted by molar-refractivity contribution is 6.30. The van der Waals surface area contributed by atoms with Crippen molar-refractivity contribution >= 4 is 34.9 Å². The molecule has 0 fully saturated rings. The maximum atomic E-state index is 13.7. The number of ketones is 1. The number of hydrogen-bond donors (Lipinski definition) is 1. The molecule has 0 radical (unpaired) electrons. The van der Waals surface area contributed by atoms with Gasteiger partial charge in [-0.15, -0.1) is 0 Å². The molecule has 0 aromatic heterocycles. The molecule has 160 valence electrons. The summed E-state index contributed by atoms with van der Waals surface area (Å²) in [5, 5.41) is 2.61. The predicted octanol–water partition coefficient (Wildman–Crippen LogP) is 4.60. The summed E-state index contributed by atoms with van der Waals surface area (Å²) in [6.07, 6.45) is 0.373. The molecular weight excluding hydrogens is 421 g/mol. The Morgan fingerprint density at radius 3 is 2.27 bits per heavy atom. The van der Waals surface area contributed by atoms with E-state index in [2.05, 4.69) is 5.32 Å². The maximum Gasteiger partial charge on any atom is 0.244 e. The Morgan fingerprint density at radius 2 is 1.63 bits per heavy atom. The number of nitrogens with zero attached hydrogens (tertiary/aromatic N) is 1. The van der Waals surface area contributed by atoms with Crippen molar-refractivity contribution in [1.29, 1.82) is 0 Å². The zero-order chi connectivity index (χ0) is 22.3. The molecule has 0 spiro atoms. The molecule has 5 nitrogen and oxygen atoms in total. The van der Waals surface area contributed by atoms with Crippen molar-refractivity contribution in [3.05, 3.63) is 64.4 Å². The van der Waals surface area contributed by atoms with Crippen LogP contribution in [0.5, 0.6) is 0 Å². The van der Waals surface area contributed by atoms with Crippen molar-refractivity contribution in [2.24, 2.45) is 0 Å². The van der Waals surface area contributed by atoms with Crippen LogP contribution in [0.2, 0.25) is 5.02 Å². The van der Waals surface area contributed by atoms with E-state index < -0.39 is 41.5 Å². The fourth-order valence-electron chi connectivity index (χ4n) is 2.71. The first kappa shape index (κ1) is 23.4. The Balaban J connectivity index is 1.96. The summed E-state index contributed by atoms with van der Waals surface area (Å²) in [7, 11) is 0. The number of amides is 2. The van der Waals surface area contributed by atoms with E-state index in [1.54, 1.807) is 31.2 Å². The van der Waals surface area contributed by atoms with E-state index in [1.807, 2.05) is 0 Å². The molecule has 2 aromatic carbocycles. The van der Waals surface area contributed by atoms with Gasteiger partial charge < -0.3 is 10.2 Å². The van der Waals surface area contributed by atoms with Gasteiger partial charge in [0, 0.05) is 30.0 Å². The zero-order valence-corrected chi connectivity index (χ0v) is 16.9. The van der Waals surface area contributed by atoms with Crippen LogP contribution in [-0.4, -0.2) is 35.6 Å². The first-order valence-corrected chi connectivity index (χ1v) is 9.60. The van der Waals surface area contributed by atoms with Crippen LogP contribution in [-0.2, 0) is 9.59 Å². The second kappa shape index (κ2) is 10.8. The average molecular weight is 441 g/mol. The van der Waals surface area contributed by atoms with Gasteiger partial charge in [-0.25, -0.2) is 13.2 Å². The Morgan fingerprint density at radius 1 is 0.967 bits per heavy atom. The molecule has 0 heterocycles. The largest absolute Gasteiger partial charge is 0.333 e. The van der Waals surface area contributed by atoms with Crippen LogP contribution in [0.3, 0.4) is 0 Å². The number of anilines is 1. The van der Waals surface area contributed by atoms with Crippen LogP contribution < -0.4 is 5.32 Å². The van der Waals surface area contributed by atoms with Crippen LogP contribution in [0.1, 0.15) is 36.5 Å². The Kier molecular flexibility index (Phi) is 8.41. The number of benzene rings is 2. The molecule has 2 aromatic rings. The summed E-state index contributed by atoms with van der Waals surface area (Å²) >= 11 is 5.78. The first-order chi connectivity index (χ1) is 14.2. The van der Waals surface area contributed by atoms with Crippen LogP contribution in [0.15, 0.2) is 36.4 Å². The molecule has 0 aliphatic carbocycles. The summed E-state index contributed by atoms with van der Waals surface area (Å²) in [5.74, 6) is -6.05. The lowest BCUT2D eigenvalue weighted by Gasteiger charge is -2.21. The lowest BCUT2D eigenvalue weighted by Crippen LogP contribution is -2.38. The smallest absolute Gasteiger partial charge is 0.244 e. The zero-order valence-electron chi connectivity index (χ0n) is 16.2. The van der Waals surface area contributed by atoms with Gasteiger partial charge in [0.25, 0.3) is 0 Å². The summed E-state index contributed by atoms with van der Waals surface area (Å²) in [5.41, 5.74) is -0.110. The maximum absolute atomic E-state index is 13.7. The van der Waals surface area contributed by atoms with Crippen molar-refractivity contribution in [3.63, 3.8) is 0 Å². The minimum absolute atomic E-state index is 0.0555. The third-order valence-corrected chi connectivity index (χ3v) is 4.47. The van der Waals surface area contributed by atoms with Crippen LogP contribution in [0, 0.1) is 17.5 Å². The highest BCUT2D eigenvalue weighted by Crippen LogP contribution is 2.19. The average Bonchev–Trinajstić information content (AvgIpc) is 2.72. The van der Waals surface area contributed by atoms with Gasteiger partial charge >= 0.3 is 0 Å². The Bertz CT molecular complexity index is 936. The minimum atomic E-state index is -1.70. The number of carbonyl (C=O) groups excluding carboxylic acids is 3. The molecule has 0 aliphatic rings. The Labute approximate surface area is 176 Å². The number of carbonyl (C=O) groups is 3. The van der Waals surface area contributed by atoms with Crippen LogP contribution in [0.4, 0.5) is 18.9 Å².